The first-order valence-corrected chi connectivity index (χ1v) is 5.25. The molecule has 0 aromatic carbocycles. The zero-order chi connectivity index (χ0) is 10.8. The summed E-state index contributed by atoms with van der Waals surface area (Å²) in [6.45, 7) is 8.85. The monoisotopic (exact) mass is 196 g/mol. The fourth-order valence-electron chi connectivity index (χ4n) is 1.40. The number of carbonyl (C=O) groups is 1. The van der Waals surface area contributed by atoms with Gasteiger partial charge < -0.3 is 4.74 Å². The van der Waals surface area contributed by atoms with Crippen LogP contribution in [0.25, 0.3) is 0 Å². The molecular formula is C12H20O2. The van der Waals surface area contributed by atoms with Crippen LogP contribution in [0.4, 0.5) is 0 Å². The van der Waals surface area contributed by atoms with E-state index in [9.17, 15) is 4.79 Å². The first-order valence-electron chi connectivity index (χ1n) is 5.25. The third kappa shape index (κ3) is 3.17. The lowest BCUT2D eigenvalue weighted by Crippen LogP contribution is -2.26. The Balaban J connectivity index is 2.48. The summed E-state index contributed by atoms with van der Waals surface area (Å²) in [5.41, 5.74) is 0.275. The second-order valence-electron chi connectivity index (χ2n) is 5.16. The zero-order valence-corrected chi connectivity index (χ0v) is 9.54. The van der Waals surface area contributed by atoms with Crippen molar-refractivity contribution in [2.24, 2.45) is 11.3 Å². The molecule has 2 atom stereocenters. The number of hydrogen-bond acceptors (Lipinski definition) is 2. The Kier molecular flexibility index (Phi) is 3.35. The van der Waals surface area contributed by atoms with Crippen molar-refractivity contribution in [3.63, 3.8) is 0 Å². The van der Waals surface area contributed by atoms with E-state index in [1.165, 1.54) is 0 Å². The van der Waals surface area contributed by atoms with Crippen LogP contribution in [0.15, 0.2) is 12.2 Å². The Labute approximate surface area is 86.3 Å². The van der Waals surface area contributed by atoms with Gasteiger partial charge in [-0.1, -0.05) is 33.8 Å². The van der Waals surface area contributed by atoms with E-state index in [-0.39, 0.29) is 17.5 Å². The third-order valence-corrected chi connectivity index (χ3v) is 2.98. The summed E-state index contributed by atoms with van der Waals surface area (Å²) in [6.07, 6.45) is 5.26. The molecule has 0 radical (unpaired) electrons. The number of esters is 1. The Morgan fingerprint density at radius 1 is 1.57 bits per heavy atom. The van der Waals surface area contributed by atoms with Crippen molar-refractivity contribution in [3.05, 3.63) is 12.2 Å². The number of rotatable bonds is 2. The SMILES string of the molecule is CC(CC1C=CCC(=O)O1)C(C)(C)C. The van der Waals surface area contributed by atoms with Crippen LogP contribution in [0.3, 0.4) is 0 Å². The predicted octanol–water partition coefficient (Wildman–Crippen LogP) is 2.93. The second-order valence-corrected chi connectivity index (χ2v) is 5.16. The van der Waals surface area contributed by atoms with E-state index in [1.54, 1.807) is 0 Å². The lowest BCUT2D eigenvalue weighted by molar-refractivity contribution is -0.147. The maximum absolute atomic E-state index is 11.0. The highest BCUT2D eigenvalue weighted by Gasteiger charge is 2.25. The predicted molar refractivity (Wildman–Crippen MR) is 56.9 cm³/mol. The second kappa shape index (κ2) is 4.16. The fraction of sp³-hybridized carbons (Fsp3) is 0.750. The van der Waals surface area contributed by atoms with Gasteiger partial charge in [-0.15, -0.1) is 0 Å². The Hall–Kier alpha value is -0.790. The van der Waals surface area contributed by atoms with Gasteiger partial charge in [-0.3, -0.25) is 4.79 Å². The molecule has 0 aromatic rings. The molecule has 2 heteroatoms. The molecule has 1 aliphatic heterocycles. The van der Waals surface area contributed by atoms with Crippen molar-refractivity contribution >= 4 is 5.97 Å². The van der Waals surface area contributed by atoms with Crippen molar-refractivity contribution in [2.45, 2.75) is 46.6 Å². The van der Waals surface area contributed by atoms with E-state index in [0.717, 1.165) is 6.42 Å². The van der Waals surface area contributed by atoms with Crippen LogP contribution in [0.5, 0.6) is 0 Å². The van der Waals surface area contributed by atoms with E-state index < -0.39 is 0 Å². The lowest BCUT2D eigenvalue weighted by atomic mass is 9.79. The van der Waals surface area contributed by atoms with Gasteiger partial charge in [0.15, 0.2) is 0 Å². The zero-order valence-electron chi connectivity index (χ0n) is 9.54. The van der Waals surface area contributed by atoms with Gasteiger partial charge in [-0.05, 0) is 23.8 Å². The first kappa shape index (κ1) is 11.3. The summed E-state index contributed by atoms with van der Waals surface area (Å²) in [6, 6.07) is 0. The molecule has 0 saturated carbocycles. The molecule has 14 heavy (non-hydrogen) atoms. The molecule has 0 bridgehead atoms. The summed E-state index contributed by atoms with van der Waals surface area (Å²) in [4.78, 5) is 11.0. The molecule has 0 aliphatic carbocycles. The van der Waals surface area contributed by atoms with Gasteiger partial charge in [0.1, 0.15) is 6.10 Å². The number of ether oxygens (including phenoxy) is 1. The lowest BCUT2D eigenvalue weighted by Gasteiger charge is -2.30. The van der Waals surface area contributed by atoms with Crippen LogP contribution >= 0.6 is 0 Å². The molecule has 2 unspecified atom stereocenters. The Morgan fingerprint density at radius 2 is 2.21 bits per heavy atom. The van der Waals surface area contributed by atoms with E-state index in [2.05, 4.69) is 27.7 Å². The number of carbonyl (C=O) groups excluding carboxylic acids is 1. The molecule has 0 N–H and O–H groups in total. The van der Waals surface area contributed by atoms with Crippen molar-refractivity contribution in [1.29, 1.82) is 0 Å². The van der Waals surface area contributed by atoms with Crippen LogP contribution in [-0.2, 0) is 9.53 Å². The van der Waals surface area contributed by atoms with Crippen LogP contribution in [0.1, 0.15) is 40.5 Å². The maximum Gasteiger partial charge on any atom is 0.310 e. The Morgan fingerprint density at radius 3 is 2.71 bits per heavy atom. The maximum atomic E-state index is 11.0. The van der Waals surface area contributed by atoms with Crippen molar-refractivity contribution in [3.8, 4) is 0 Å². The molecular weight excluding hydrogens is 176 g/mol. The summed E-state index contributed by atoms with van der Waals surface area (Å²) in [5, 5.41) is 0. The van der Waals surface area contributed by atoms with Gasteiger partial charge in [-0.2, -0.15) is 0 Å². The van der Waals surface area contributed by atoms with Crippen LogP contribution in [-0.4, -0.2) is 12.1 Å². The third-order valence-electron chi connectivity index (χ3n) is 2.98. The molecule has 0 amide bonds. The highest BCUT2D eigenvalue weighted by molar-refractivity contribution is 5.72. The topological polar surface area (TPSA) is 26.3 Å². The highest BCUT2D eigenvalue weighted by Crippen LogP contribution is 2.30. The van der Waals surface area contributed by atoms with Crippen LogP contribution in [0, 0.1) is 11.3 Å². The summed E-state index contributed by atoms with van der Waals surface area (Å²) >= 11 is 0. The average molecular weight is 196 g/mol. The largest absolute Gasteiger partial charge is 0.458 e. The smallest absolute Gasteiger partial charge is 0.310 e. The molecule has 1 heterocycles. The average Bonchev–Trinajstić information content (AvgIpc) is 2.02. The molecule has 1 rings (SSSR count). The summed E-state index contributed by atoms with van der Waals surface area (Å²) in [7, 11) is 0. The van der Waals surface area contributed by atoms with Crippen LogP contribution in [0.2, 0.25) is 0 Å². The molecule has 80 valence electrons. The normalized spacial score (nSPS) is 24.6. The van der Waals surface area contributed by atoms with E-state index in [4.69, 9.17) is 4.74 Å². The first-order chi connectivity index (χ1) is 6.39. The van der Waals surface area contributed by atoms with Gasteiger partial charge in [0.25, 0.3) is 0 Å². The van der Waals surface area contributed by atoms with Crippen LogP contribution < -0.4 is 0 Å². The van der Waals surface area contributed by atoms with Gasteiger partial charge in [-0.25, -0.2) is 0 Å². The van der Waals surface area contributed by atoms with Crippen molar-refractivity contribution in [1.82, 2.24) is 0 Å². The van der Waals surface area contributed by atoms with Gasteiger partial charge in [0, 0.05) is 0 Å². The van der Waals surface area contributed by atoms with E-state index in [1.807, 2.05) is 12.2 Å². The molecule has 1 aliphatic rings. The van der Waals surface area contributed by atoms with Crippen molar-refractivity contribution in [2.75, 3.05) is 0 Å². The van der Waals surface area contributed by atoms with Gasteiger partial charge >= 0.3 is 5.97 Å². The number of hydrogen-bond donors (Lipinski definition) is 0. The molecule has 2 nitrogen and oxygen atoms in total. The minimum atomic E-state index is -0.0985. The van der Waals surface area contributed by atoms with Gasteiger partial charge in [0.05, 0.1) is 6.42 Å². The molecule has 0 fully saturated rings. The van der Waals surface area contributed by atoms with E-state index in [0.29, 0.717) is 12.3 Å². The molecule has 0 aromatic heterocycles. The highest BCUT2D eigenvalue weighted by atomic mass is 16.5. The molecule has 0 spiro atoms. The minimum absolute atomic E-state index is 0.00882. The molecule has 0 saturated heterocycles. The summed E-state index contributed by atoms with van der Waals surface area (Å²) in [5.74, 6) is 0.446. The fourth-order valence-corrected chi connectivity index (χ4v) is 1.40. The standard InChI is InChI=1S/C12H20O2/c1-9(12(2,3)4)8-10-6-5-7-11(13)14-10/h5-6,9-10H,7-8H2,1-4H3. The quantitative estimate of drug-likeness (QED) is 0.501. The summed E-state index contributed by atoms with van der Waals surface area (Å²) < 4.78 is 5.23. The Bertz CT molecular complexity index is 235. The minimum Gasteiger partial charge on any atom is -0.458 e. The van der Waals surface area contributed by atoms with Crippen molar-refractivity contribution < 1.29 is 9.53 Å². The van der Waals surface area contributed by atoms with E-state index >= 15 is 0 Å². The number of cyclic esters (lactones) is 1. The van der Waals surface area contributed by atoms with Gasteiger partial charge in [0.2, 0.25) is 0 Å².